The highest BCUT2D eigenvalue weighted by Crippen LogP contribution is 2.30. The quantitative estimate of drug-likeness (QED) is 0.835. The molecule has 110 valence electrons. The maximum absolute atomic E-state index is 12.1. The number of carbonyl (C=O) groups excluding carboxylic acids is 2. The summed E-state index contributed by atoms with van der Waals surface area (Å²) < 4.78 is 1.88. The number of nitrogens with zero attached hydrogens (tertiary/aromatic N) is 3. The van der Waals surface area contributed by atoms with Crippen molar-refractivity contribution in [1.82, 2.24) is 20.0 Å². The molecule has 1 aromatic rings. The van der Waals surface area contributed by atoms with Crippen LogP contribution in [0.5, 0.6) is 0 Å². The van der Waals surface area contributed by atoms with Gasteiger partial charge in [0, 0.05) is 6.54 Å². The van der Waals surface area contributed by atoms with Crippen LogP contribution in [0.3, 0.4) is 0 Å². The van der Waals surface area contributed by atoms with Crippen molar-refractivity contribution in [2.75, 3.05) is 0 Å². The van der Waals surface area contributed by atoms with Crippen LogP contribution in [-0.4, -0.2) is 32.2 Å². The molecule has 6 heteroatoms. The van der Waals surface area contributed by atoms with Gasteiger partial charge in [0.2, 0.25) is 0 Å². The third kappa shape index (κ3) is 2.09. The van der Waals surface area contributed by atoms with Gasteiger partial charge in [-0.15, -0.1) is 0 Å². The first-order chi connectivity index (χ1) is 9.48. The summed E-state index contributed by atoms with van der Waals surface area (Å²) in [4.78, 5) is 25.9. The summed E-state index contributed by atoms with van der Waals surface area (Å²) in [5.41, 5.74) is 1.15. The number of nitrogens with one attached hydrogen (secondary N) is 1. The third-order valence-corrected chi connectivity index (χ3v) is 4.18. The summed E-state index contributed by atoms with van der Waals surface area (Å²) in [6.45, 7) is 8.98. The molecular formula is C14H22N4O2. The van der Waals surface area contributed by atoms with Crippen molar-refractivity contribution < 1.29 is 9.59 Å². The van der Waals surface area contributed by atoms with E-state index in [1.165, 1.54) is 0 Å². The van der Waals surface area contributed by atoms with E-state index in [-0.39, 0.29) is 11.9 Å². The first-order valence-electron chi connectivity index (χ1n) is 7.14. The molecule has 0 spiro atoms. The van der Waals surface area contributed by atoms with Gasteiger partial charge in [0.25, 0.3) is 5.91 Å². The number of aryl methyl sites for hydroxylation is 2. The Morgan fingerprint density at radius 2 is 1.90 bits per heavy atom. The van der Waals surface area contributed by atoms with Crippen LogP contribution in [-0.2, 0) is 17.9 Å². The molecule has 1 aliphatic rings. The Balaban J connectivity index is 2.34. The van der Waals surface area contributed by atoms with E-state index in [9.17, 15) is 9.59 Å². The Hall–Kier alpha value is -1.85. The molecule has 20 heavy (non-hydrogen) atoms. The second-order valence-electron chi connectivity index (χ2n) is 5.18. The number of hydrogen-bond acceptors (Lipinski definition) is 3. The fraction of sp³-hybridized carbons (Fsp3) is 0.643. The first-order valence-corrected chi connectivity index (χ1v) is 7.14. The summed E-state index contributed by atoms with van der Waals surface area (Å²) in [5, 5.41) is 6.83. The van der Waals surface area contributed by atoms with Gasteiger partial charge in [-0.2, -0.15) is 5.10 Å². The Bertz CT molecular complexity index is 531. The minimum atomic E-state index is -0.728. The standard InChI is InChI=1S/C14H22N4O2/c1-5-14(6-2)12(19)15-13(20)17(14)9-11-8-10(4)16-18(11)7-3/h8H,5-7,9H2,1-4H3,(H,15,19,20). The van der Waals surface area contributed by atoms with E-state index in [4.69, 9.17) is 0 Å². The van der Waals surface area contributed by atoms with Crippen LogP contribution >= 0.6 is 0 Å². The van der Waals surface area contributed by atoms with Gasteiger partial charge in [-0.25, -0.2) is 4.79 Å². The lowest BCUT2D eigenvalue weighted by molar-refractivity contribution is -0.127. The number of urea groups is 1. The number of hydrogen-bond donors (Lipinski definition) is 1. The molecule has 1 fully saturated rings. The largest absolute Gasteiger partial charge is 0.325 e. The monoisotopic (exact) mass is 278 g/mol. The van der Waals surface area contributed by atoms with Crippen LogP contribution in [0.4, 0.5) is 4.79 Å². The predicted octanol–water partition coefficient (Wildman–Crippen LogP) is 1.82. The third-order valence-electron chi connectivity index (χ3n) is 4.18. The van der Waals surface area contributed by atoms with Crippen LogP contribution in [0.2, 0.25) is 0 Å². The fourth-order valence-electron chi connectivity index (χ4n) is 2.94. The summed E-state index contributed by atoms with van der Waals surface area (Å²) in [6, 6.07) is 1.66. The van der Waals surface area contributed by atoms with Gasteiger partial charge in [0.15, 0.2) is 0 Å². The molecule has 1 aliphatic heterocycles. The van der Waals surface area contributed by atoms with Crippen LogP contribution in [0.25, 0.3) is 0 Å². The Morgan fingerprint density at radius 3 is 2.45 bits per heavy atom. The first kappa shape index (κ1) is 14.6. The molecule has 0 atom stereocenters. The van der Waals surface area contributed by atoms with Crippen molar-refractivity contribution >= 4 is 11.9 Å². The van der Waals surface area contributed by atoms with Crippen molar-refractivity contribution in [2.24, 2.45) is 0 Å². The zero-order valence-electron chi connectivity index (χ0n) is 12.6. The molecule has 1 saturated heterocycles. The Kier molecular flexibility index (Phi) is 3.83. The molecule has 0 radical (unpaired) electrons. The van der Waals surface area contributed by atoms with Crippen molar-refractivity contribution in [3.8, 4) is 0 Å². The van der Waals surface area contributed by atoms with Gasteiger partial charge in [-0.3, -0.25) is 14.8 Å². The summed E-state index contributed by atoms with van der Waals surface area (Å²) >= 11 is 0. The smallest absolute Gasteiger partial charge is 0.304 e. The lowest BCUT2D eigenvalue weighted by Gasteiger charge is -2.33. The van der Waals surface area contributed by atoms with Crippen LogP contribution < -0.4 is 5.32 Å². The average Bonchev–Trinajstić information content (AvgIpc) is 2.89. The number of imide groups is 1. The van der Waals surface area contributed by atoms with Crippen LogP contribution in [0.15, 0.2) is 6.07 Å². The van der Waals surface area contributed by atoms with E-state index in [1.807, 2.05) is 38.4 Å². The van der Waals surface area contributed by atoms with Gasteiger partial charge in [0.1, 0.15) is 5.54 Å². The van der Waals surface area contributed by atoms with E-state index in [0.717, 1.165) is 17.9 Å². The van der Waals surface area contributed by atoms with Crippen molar-refractivity contribution in [2.45, 2.75) is 59.2 Å². The number of amides is 3. The van der Waals surface area contributed by atoms with Gasteiger partial charge in [-0.1, -0.05) is 13.8 Å². The van der Waals surface area contributed by atoms with E-state index in [1.54, 1.807) is 4.90 Å². The molecule has 3 amide bonds. The zero-order valence-corrected chi connectivity index (χ0v) is 12.6. The highest BCUT2D eigenvalue weighted by Gasteiger charge is 2.50. The minimum Gasteiger partial charge on any atom is -0.304 e. The normalized spacial score (nSPS) is 17.7. The number of carbonyl (C=O) groups is 2. The molecule has 1 N–H and O–H groups in total. The lowest BCUT2D eigenvalue weighted by atomic mass is 9.91. The second kappa shape index (κ2) is 5.26. The van der Waals surface area contributed by atoms with Gasteiger partial charge < -0.3 is 4.90 Å². The maximum Gasteiger partial charge on any atom is 0.325 e. The molecule has 0 aromatic carbocycles. The van der Waals surface area contributed by atoms with Crippen LogP contribution in [0.1, 0.15) is 45.0 Å². The Morgan fingerprint density at radius 1 is 1.25 bits per heavy atom. The number of rotatable bonds is 5. The number of aromatic nitrogens is 2. The molecule has 2 heterocycles. The van der Waals surface area contributed by atoms with E-state index >= 15 is 0 Å². The van der Waals surface area contributed by atoms with Gasteiger partial charge >= 0.3 is 6.03 Å². The molecule has 2 rings (SSSR count). The molecule has 0 unspecified atom stereocenters. The minimum absolute atomic E-state index is 0.188. The summed E-state index contributed by atoms with van der Waals surface area (Å²) in [5.74, 6) is -0.188. The maximum atomic E-state index is 12.1. The molecule has 0 aliphatic carbocycles. The van der Waals surface area contributed by atoms with Crippen LogP contribution in [0, 0.1) is 6.92 Å². The summed E-state index contributed by atoms with van der Waals surface area (Å²) in [6.07, 6.45) is 1.22. The Labute approximate surface area is 119 Å². The highest BCUT2D eigenvalue weighted by molar-refractivity contribution is 6.06. The summed E-state index contributed by atoms with van der Waals surface area (Å²) in [7, 11) is 0. The SMILES string of the molecule is CCn1nc(C)cc1CN1C(=O)NC(=O)C1(CC)CC. The van der Waals surface area contributed by atoms with Crippen molar-refractivity contribution in [1.29, 1.82) is 0 Å². The lowest BCUT2D eigenvalue weighted by Crippen LogP contribution is -2.48. The molecule has 0 saturated carbocycles. The van der Waals surface area contributed by atoms with Crippen molar-refractivity contribution in [3.05, 3.63) is 17.5 Å². The predicted molar refractivity (Wildman–Crippen MR) is 75.0 cm³/mol. The average molecular weight is 278 g/mol. The van der Waals surface area contributed by atoms with Gasteiger partial charge in [-0.05, 0) is 32.8 Å². The molecular weight excluding hydrogens is 256 g/mol. The fourth-order valence-corrected chi connectivity index (χ4v) is 2.94. The topological polar surface area (TPSA) is 67.2 Å². The molecule has 6 nitrogen and oxygen atoms in total. The van der Waals surface area contributed by atoms with E-state index < -0.39 is 5.54 Å². The van der Waals surface area contributed by atoms with E-state index in [0.29, 0.717) is 19.4 Å². The highest BCUT2D eigenvalue weighted by atomic mass is 16.2. The molecule has 0 bridgehead atoms. The second-order valence-corrected chi connectivity index (χ2v) is 5.18. The van der Waals surface area contributed by atoms with Gasteiger partial charge in [0.05, 0.1) is 17.9 Å². The molecule has 1 aromatic heterocycles. The van der Waals surface area contributed by atoms with Crippen molar-refractivity contribution in [3.63, 3.8) is 0 Å². The van der Waals surface area contributed by atoms with E-state index in [2.05, 4.69) is 10.4 Å². The zero-order chi connectivity index (χ0) is 14.9.